The van der Waals surface area contributed by atoms with Crippen LogP contribution >= 0.6 is 23.4 Å². The van der Waals surface area contributed by atoms with Gasteiger partial charge in [0.15, 0.2) is 11.5 Å². The molecule has 5 nitrogen and oxygen atoms in total. The van der Waals surface area contributed by atoms with Gasteiger partial charge in [-0.05, 0) is 48.0 Å². The Morgan fingerprint density at radius 3 is 2.58 bits per heavy atom. The molecule has 0 aliphatic heterocycles. The van der Waals surface area contributed by atoms with Crippen molar-refractivity contribution in [1.29, 1.82) is 0 Å². The van der Waals surface area contributed by atoms with Crippen LogP contribution in [0, 0.1) is 0 Å². The summed E-state index contributed by atoms with van der Waals surface area (Å²) in [6.45, 7) is 0. The molecule has 0 aliphatic rings. The molecule has 0 spiro atoms. The highest BCUT2D eigenvalue weighted by Gasteiger charge is 2.11. The highest BCUT2D eigenvalue weighted by molar-refractivity contribution is 7.98. The standard InChI is InChI=1S/C19H15ClN4OS/c1-25-15-8-6-13(7-9-15)19-22-21-17-10-11-18(23-24(17)19)26-12-14-4-2-3-5-16(14)20/h2-11H,12H2,1H3. The van der Waals surface area contributed by atoms with E-state index in [0.29, 0.717) is 11.5 Å². The highest BCUT2D eigenvalue weighted by Crippen LogP contribution is 2.26. The lowest BCUT2D eigenvalue weighted by Gasteiger charge is -2.05. The Hall–Kier alpha value is -2.57. The second kappa shape index (κ2) is 7.35. The molecule has 0 saturated heterocycles. The van der Waals surface area contributed by atoms with E-state index in [1.54, 1.807) is 23.4 Å². The summed E-state index contributed by atoms with van der Waals surface area (Å²) in [6.07, 6.45) is 0. The van der Waals surface area contributed by atoms with Crippen molar-refractivity contribution in [3.8, 4) is 17.1 Å². The van der Waals surface area contributed by atoms with Crippen LogP contribution in [0.5, 0.6) is 5.75 Å². The van der Waals surface area contributed by atoms with Crippen LogP contribution in [0.1, 0.15) is 5.56 Å². The molecule has 0 saturated carbocycles. The van der Waals surface area contributed by atoms with E-state index in [1.807, 2.05) is 60.7 Å². The van der Waals surface area contributed by atoms with Gasteiger partial charge < -0.3 is 4.74 Å². The van der Waals surface area contributed by atoms with E-state index in [4.69, 9.17) is 16.3 Å². The Balaban J connectivity index is 1.62. The zero-order valence-corrected chi connectivity index (χ0v) is 15.5. The van der Waals surface area contributed by atoms with Crippen molar-refractivity contribution in [2.45, 2.75) is 10.8 Å². The summed E-state index contributed by atoms with van der Waals surface area (Å²) in [4.78, 5) is 0. The molecular formula is C19H15ClN4OS. The van der Waals surface area contributed by atoms with E-state index in [9.17, 15) is 0 Å². The van der Waals surface area contributed by atoms with Crippen LogP contribution in [-0.2, 0) is 5.75 Å². The van der Waals surface area contributed by atoms with Crippen molar-refractivity contribution in [3.63, 3.8) is 0 Å². The van der Waals surface area contributed by atoms with Crippen molar-refractivity contribution in [3.05, 3.63) is 71.2 Å². The first kappa shape index (κ1) is 16.9. The van der Waals surface area contributed by atoms with Gasteiger partial charge in [0, 0.05) is 16.3 Å². The Bertz CT molecular complexity index is 1050. The minimum absolute atomic E-state index is 0.697. The highest BCUT2D eigenvalue weighted by atomic mass is 35.5. The third kappa shape index (κ3) is 3.38. The van der Waals surface area contributed by atoms with E-state index in [0.717, 1.165) is 32.7 Å². The van der Waals surface area contributed by atoms with Gasteiger partial charge in [0.25, 0.3) is 0 Å². The van der Waals surface area contributed by atoms with Gasteiger partial charge in [-0.25, -0.2) is 0 Å². The predicted molar refractivity (Wildman–Crippen MR) is 104 cm³/mol. The van der Waals surface area contributed by atoms with Crippen molar-refractivity contribution < 1.29 is 4.74 Å². The molecule has 4 rings (SSSR count). The summed E-state index contributed by atoms with van der Waals surface area (Å²) in [6, 6.07) is 19.4. The average Bonchev–Trinajstić information content (AvgIpc) is 3.11. The Kier molecular flexibility index (Phi) is 4.77. The number of nitrogens with zero attached hydrogens (tertiary/aromatic N) is 4. The molecule has 0 amide bonds. The molecule has 4 aromatic rings. The van der Waals surface area contributed by atoms with Gasteiger partial charge in [-0.1, -0.05) is 41.6 Å². The molecule has 0 bridgehead atoms. The number of ether oxygens (including phenoxy) is 1. The number of fused-ring (bicyclic) bond motifs is 1. The molecule has 7 heteroatoms. The molecule has 0 N–H and O–H groups in total. The summed E-state index contributed by atoms with van der Waals surface area (Å²) in [5.74, 6) is 2.24. The molecule has 0 aliphatic carbocycles. The van der Waals surface area contributed by atoms with Crippen LogP contribution in [0.2, 0.25) is 5.02 Å². The second-order valence-electron chi connectivity index (χ2n) is 5.57. The van der Waals surface area contributed by atoms with Gasteiger partial charge in [-0.3, -0.25) is 0 Å². The number of thioether (sulfide) groups is 1. The third-order valence-corrected chi connectivity index (χ3v) is 5.26. The number of benzene rings is 2. The smallest absolute Gasteiger partial charge is 0.185 e. The fraction of sp³-hybridized carbons (Fsp3) is 0.105. The van der Waals surface area contributed by atoms with Crippen molar-refractivity contribution in [1.82, 2.24) is 19.8 Å². The normalized spacial score (nSPS) is 11.0. The van der Waals surface area contributed by atoms with E-state index < -0.39 is 0 Å². The Labute approximate surface area is 160 Å². The third-order valence-electron chi connectivity index (χ3n) is 3.92. The number of aromatic nitrogens is 4. The first-order valence-electron chi connectivity index (χ1n) is 7.98. The van der Waals surface area contributed by atoms with Crippen LogP contribution < -0.4 is 4.74 Å². The summed E-state index contributed by atoms with van der Waals surface area (Å²) in [7, 11) is 1.64. The van der Waals surface area contributed by atoms with Crippen LogP contribution in [0.15, 0.2) is 65.7 Å². The zero-order chi connectivity index (χ0) is 17.9. The molecule has 0 unspecified atom stereocenters. The lowest BCUT2D eigenvalue weighted by molar-refractivity contribution is 0.415. The maximum absolute atomic E-state index is 6.23. The molecule has 0 fully saturated rings. The second-order valence-corrected chi connectivity index (χ2v) is 6.98. The first-order chi connectivity index (χ1) is 12.7. The topological polar surface area (TPSA) is 52.3 Å². The number of rotatable bonds is 5. The Morgan fingerprint density at radius 1 is 1.00 bits per heavy atom. The average molecular weight is 383 g/mol. The number of methoxy groups -OCH3 is 1. The summed E-state index contributed by atoms with van der Waals surface area (Å²) in [5, 5.41) is 14.8. The minimum atomic E-state index is 0.697. The van der Waals surface area contributed by atoms with Crippen LogP contribution in [0.3, 0.4) is 0 Å². The molecule has 26 heavy (non-hydrogen) atoms. The largest absolute Gasteiger partial charge is 0.497 e. The van der Waals surface area contributed by atoms with Crippen LogP contribution in [0.4, 0.5) is 0 Å². The van der Waals surface area contributed by atoms with Gasteiger partial charge >= 0.3 is 0 Å². The lowest BCUT2D eigenvalue weighted by Crippen LogP contribution is -1.97. The SMILES string of the molecule is COc1ccc(-c2nnc3ccc(SCc4ccccc4Cl)nn23)cc1. The number of halogens is 1. The predicted octanol–water partition coefficient (Wildman–Crippen LogP) is 4.75. The summed E-state index contributed by atoms with van der Waals surface area (Å²) in [5.41, 5.74) is 2.72. The van der Waals surface area contributed by atoms with Crippen LogP contribution in [0.25, 0.3) is 17.0 Å². The van der Waals surface area contributed by atoms with E-state index >= 15 is 0 Å². The summed E-state index contributed by atoms with van der Waals surface area (Å²) >= 11 is 7.85. The fourth-order valence-electron chi connectivity index (χ4n) is 2.54. The van der Waals surface area contributed by atoms with Crippen molar-refractivity contribution in [2.75, 3.05) is 7.11 Å². The van der Waals surface area contributed by atoms with Gasteiger partial charge in [0.1, 0.15) is 10.8 Å². The lowest BCUT2D eigenvalue weighted by atomic mass is 10.2. The molecule has 2 heterocycles. The van der Waals surface area contributed by atoms with Crippen molar-refractivity contribution >= 4 is 29.0 Å². The molecule has 0 radical (unpaired) electrons. The first-order valence-corrected chi connectivity index (χ1v) is 9.34. The maximum atomic E-state index is 6.23. The maximum Gasteiger partial charge on any atom is 0.185 e. The van der Waals surface area contributed by atoms with Gasteiger partial charge in [-0.15, -0.1) is 10.2 Å². The van der Waals surface area contributed by atoms with Crippen molar-refractivity contribution in [2.24, 2.45) is 0 Å². The molecule has 130 valence electrons. The van der Waals surface area contributed by atoms with E-state index in [-0.39, 0.29) is 0 Å². The quantitative estimate of drug-likeness (QED) is 0.466. The fourth-order valence-corrected chi connectivity index (χ4v) is 3.68. The Morgan fingerprint density at radius 2 is 1.81 bits per heavy atom. The monoisotopic (exact) mass is 382 g/mol. The van der Waals surface area contributed by atoms with E-state index in [1.165, 1.54) is 0 Å². The van der Waals surface area contributed by atoms with Gasteiger partial charge in [-0.2, -0.15) is 9.61 Å². The van der Waals surface area contributed by atoms with Gasteiger partial charge in [0.2, 0.25) is 0 Å². The van der Waals surface area contributed by atoms with Crippen LogP contribution in [-0.4, -0.2) is 26.9 Å². The minimum Gasteiger partial charge on any atom is -0.497 e. The number of hydrogen-bond donors (Lipinski definition) is 0. The molecule has 0 atom stereocenters. The molecule has 2 aromatic carbocycles. The number of hydrogen-bond acceptors (Lipinski definition) is 5. The summed E-state index contributed by atoms with van der Waals surface area (Å²) < 4.78 is 6.96. The van der Waals surface area contributed by atoms with E-state index in [2.05, 4.69) is 15.3 Å². The van der Waals surface area contributed by atoms with Gasteiger partial charge in [0.05, 0.1) is 7.11 Å². The molecule has 2 aromatic heterocycles. The zero-order valence-electron chi connectivity index (χ0n) is 14.0. The molecular weight excluding hydrogens is 368 g/mol.